The molecule has 0 spiro atoms. The molecule has 0 heterocycles. The van der Waals surface area contributed by atoms with Crippen molar-refractivity contribution in [3.63, 3.8) is 0 Å². The summed E-state index contributed by atoms with van der Waals surface area (Å²) in [5.41, 5.74) is 0.810. The summed E-state index contributed by atoms with van der Waals surface area (Å²) >= 11 is 0. The lowest BCUT2D eigenvalue weighted by Gasteiger charge is -2.18. The maximum Gasteiger partial charge on any atom is 0.328 e. The molecule has 2 amide bonds. The second-order valence-corrected chi connectivity index (χ2v) is 6.27. The van der Waals surface area contributed by atoms with E-state index in [-0.39, 0.29) is 23.6 Å². The summed E-state index contributed by atoms with van der Waals surface area (Å²) in [6.07, 6.45) is -0.0886. The number of nitrogens with zero attached hydrogens (tertiary/aromatic N) is 1. The first-order chi connectivity index (χ1) is 14.2. The Bertz CT molecular complexity index is 975. The number of ether oxygens (including phenoxy) is 2. The number of esters is 1. The number of methoxy groups -OCH3 is 2. The van der Waals surface area contributed by atoms with Crippen LogP contribution in [-0.2, 0) is 20.7 Å². The highest BCUT2D eigenvalue weighted by atomic mass is 16.6. The molecule has 1 atom stereocenters. The summed E-state index contributed by atoms with van der Waals surface area (Å²) in [5, 5.41) is 16.2. The quantitative estimate of drug-likeness (QED) is 0.382. The van der Waals surface area contributed by atoms with E-state index in [1.165, 1.54) is 51.5 Å². The average Bonchev–Trinajstić information content (AvgIpc) is 2.72. The van der Waals surface area contributed by atoms with Crippen molar-refractivity contribution in [2.45, 2.75) is 19.4 Å². The number of anilines is 1. The minimum atomic E-state index is -1.12. The molecule has 0 aromatic heterocycles. The molecular weight excluding hydrogens is 394 g/mol. The summed E-state index contributed by atoms with van der Waals surface area (Å²) in [4.78, 5) is 46.6. The number of amides is 2. The van der Waals surface area contributed by atoms with E-state index in [9.17, 15) is 24.5 Å². The van der Waals surface area contributed by atoms with Gasteiger partial charge in [0.25, 0.3) is 11.6 Å². The van der Waals surface area contributed by atoms with E-state index in [1.54, 1.807) is 12.1 Å². The van der Waals surface area contributed by atoms with Crippen molar-refractivity contribution < 1.29 is 28.8 Å². The monoisotopic (exact) mass is 415 g/mol. The van der Waals surface area contributed by atoms with Crippen LogP contribution in [0, 0.1) is 10.1 Å². The summed E-state index contributed by atoms with van der Waals surface area (Å²) in [6.45, 7) is 1.34. The predicted molar refractivity (Wildman–Crippen MR) is 107 cm³/mol. The van der Waals surface area contributed by atoms with Gasteiger partial charge in [-0.15, -0.1) is 0 Å². The number of carbonyl (C=O) groups is 3. The first kappa shape index (κ1) is 22.3. The van der Waals surface area contributed by atoms with Gasteiger partial charge in [0.2, 0.25) is 5.91 Å². The highest BCUT2D eigenvalue weighted by Crippen LogP contribution is 2.25. The van der Waals surface area contributed by atoms with E-state index < -0.39 is 22.8 Å². The molecule has 0 aliphatic heterocycles. The summed E-state index contributed by atoms with van der Waals surface area (Å²) in [5.74, 6) is -1.27. The molecule has 158 valence electrons. The zero-order valence-electron chi connectivity index (χ0n) is 16.6. The Morgan fingerprint density at radius 1 is 1.13 bits per heavy atom. The number of nitrogens with one attached hydrogen (secondary N) is 2. The van der Waals surface area contributed by atoms with Gasteiger partial charge in [-0.25, -0.2) is 4.79 Å². The third kappa shape index (κ3) is 5.77. The Kier molecular flexibility index (Phi) is 7.45. The van der Waals surface area contributed by atoms with Crippen LogP contribution >= 0.6 is 0 Å². The van der Waals surface area contributed by atoms with Crippen LogP contribution in [0.3, 0.4) is 0 Å². The van der Waals surface area contributed by atoms with E-state index in [2.05, 4.69) is 10.6 Å². The zero-order valence-corrected chi connectivity index (χ0v) is 16.6. The molecule has 0 aliphatic carbocycles. The number of nitro benzene ring substituents is 1. The molecule has 2 aromatic rings. The second-order valence-electron chi connectivity index (χ2n) is 6.27. The molecule has 0 bridgehead atoms. The van der Waals surface area contributed by atoms with Crippen LogP contribution in [-0.4, -0.2) is 43.0 Å². The molecule has 0 saturated heterocycles. The topological polar surface area (TPSA) is 137 Å². The highest BCUT2D eigenvalue weighted by Gasteiger charge is 2.25. The number of nitro groups is 1. The van der Waals surface area contributed by atoms with Crippen LogP contribution in [0.1, 0.15) is 22.8 Å². The fourth-order valence-electron chi connectivity index (χ4n) is 2.78. The van der Waals surface area contributed by atoms with Gasteiger partial charge in [0, 0.05) is 42.3 Å². The van der Waals surface area contributed by atoms with Gasteiger partial charge in [-0.1, -0.05) is 6.07 Å². The fourth-order valence-corrected chi connectivity index (χ4v) is 2.78. The number of rotatable bonds is 8. The van der Waals surface area contributed by atoms with E-state index in [0.717, 1.165) is 0 Å². The molecule has 30 heavy (non-hydrogen) atoms. The van der Waals surface area contributed by atoms with Gasteiger partial charge in [0.05, 0.1) is 19.1 Å². The van der Waals surface area contributed by atoms with Crippen molar-refractivity contribution in [2.75, 3.05) is 19.5 Å². The minimum Gasteiger partial charge on any atom is -0.496 e. The van der Waals surface area contributed by atoms with Crippen molar-refractivity contribution in [3.05, 3.63) is 63.7 Å². The molecule has 0 fully saturated rings. The average molecular weight is 415 g/mol. The Morgan fingerprint density at radius 3 is 2.47 bits per heavy atom. The van der Waals surface area contributed by atoms with Crippen LogP contribution in [0.5, 0.6) is 5.75 Å². The highest BCUT2D eigenvalue weighted by molar-refractivity contribution is 5.98. The van der Waals surface area contributed by atoms with Gasteiger partial charge < -0.3 is 20.1 Å². The Labute approximate surface area is 172 Å². The Balaban J connectivity index is 2.28. The number of carbonyl (C=O) groups excluding carboxylic acids is 3. The summed E-state index contributed by atoms with van der Waals surface area (Å²) in [7, 11) is 2.56. The SMILES string of the molecule is COC(=O)[C@H](Cc1cc([N+](=O)[O-])ccc1OC)NC(=O)c1cccc(NC(C)=O)c1. The number of benzene rings is 2. The smallest absolute Gasteiger partial charge is 0.328 e. The molecule has 2 rings (SSSR count). The van der Waals surface area contributed by atoms with E-state index in [4.69, 9.17) is 9.47 Å². The minimum absolute atomic E-state index is 0.0886. The standard InChI is InChI=1S/C20H21N3O7/c1-12(24)21-15-6-4-5-13(9-15)19(25)22-17(20(26)30-3)11-14-10-16(23(27)28)7-8-18(14)29-2/h4-10,17H,11H2,1-3H3,(H,21,24)(H,22,25)/t17-/m0/s1. The van der Waals surface area contributed by atoms with Crippen LogP contribution in [0.15, 0.2) is 42.5 Å². The predicted octanol–water partition coefficient (Wildman–Crippen LogP) is 2.08. The van der Waals surface area contributed by atoms with E-state index in [1.807, 2.05) is 0 Å². The van der Waals surface area contributed by atoms with Crippen molar-refractivity contribution in [1.82, 2.24) is 5.32 Å². The van der Waals surface area contributed by atoms with Crippen LogP contribution in [0.4, 0.5) is 11.4 Å². The first-order valence-corrected chi connectivity index (χ1v) is 8.82. The van der Waals surface area contributed by atoms with Gasteiger partial charge in [-0.2, -0.15) is 0 Å². The fraction of sp³-hybridized carbons (Fsp3) is 0.250. The molecule has 10 nitrogen and oxygen atoms in total. The Morgan fingerprint density at radius 2 is 1.87 bits per heavy atom. The van der Waals surface area contributed by atoms with E-state index in [0.29, 0.717) is 17.0 Å². The molecule has 0 unspecified atom stereocenters. The molecule has 2 aromatic carbocycles. The lowest BCUT2D eigenvalue weighted by atomic mass is 10.0. The van der Waals surface area contributed by atoms with Gasteiger partial charge in [-0.05, 0) is 24.3 Å². The largest absolute Gasteiger partial charge is 0.496 e. The summed E-state index contributed by atoms with van der Waals surface area (Å²) in [6, 6.07) is 9.02. The van der Waals surface area contributed by atoms with Crippen molar-refractivity contribution in [1.29, 1.82) is 0 Å². The molecule has 2 N–H and O–H groups in total. The maximum absolute atomic E-state index is 12.7. The van der Waals surface area contributed by atoms with Crippen molar-refractivity contribution in [2.24, 2.45) is 0 Å². The van der Waals surface area contributed by atoms with Crippen LogP contribution < -0.4 is 15.4 Å². The second kappa shape index (κ2) is 10.0. The summed E-state index contributed by atoms with van der Waals surface area (Å²) < 4.78 is 9.97. The van der Waals surface area contributed by atoms with Gasteiger partial charge >= 0.3 is 5.97 Å². The number of hydrogen-bond acceptors (Lipinski definition) is 7. The van der Waals surface area contributed by atoms with Crippen molar-refractivity contribution >= 4 is 29.2 Å². The number of non-ortho nitro benzene ring substituents is 1. The lowest BCUT2D eigenvalue weighted by molar-refractivity contribution is -0.384. The first-order valence-electron chi connectivity index (χ1n) is 8.82. The van der Waals surface area contributed by atoms with Gasteiger partial charge in [0.15, 0.2) is 0 Å². The molecule has 0 aliphatic rings. The van der Waals surface area contributed by atoms with Crippen LogP contribution in [0.2, 0.25) is 0 Å². The third-order valence-electron chi connectivity index (χ3n) is 4.13. The van der Waals surface area contributed by atoms with Gasteiger partial charge in [0.1, 0.15) is 11.8 Å². The Hall–Kier alpha value is -3.95. The third-order valence-corrected chi connectivity index (χ3v) is 4.13. The maximum atomic E-state index is 12.7. The van der Waals surface area contributed by atoms with Crippen molar-refractivity contribution in [3.8, 4) is 5.75 Å². The van der Waals surface area contributed by atoms with E-state index >= 15 is 0 Å². The zero-order chi connectivity index (χ0) is 22.3. The lowest BCUT2D eigenvalue weighted by Crippen LogP contribution is -2.43. The molecule has 0 radical (unpaired) electrons. The normalized spacial score (nSPS) is 11.2. The molecule has 10 heteroatoms. The van der Waals surface area contributed by atoms with Crippen LogP contribution in [0.25, 0.3) is 0 Å². The molecule has 0 saturated carbocycles. The molecular formula is C20H21N3O7. The number of hydrogen-bond donors (Lipinski definition) is 2. The van der Waals surface area contributed by atoms with Gasteiger partial charge in [-0.3, -0.25) is 19.7 Å².